The third-order valence-corrected chi connectivity index (χ3v) is 4.78. The number of amides is 1. The number of hydrogen-bond donors (Lipinski definition) is 1. The lowest BCUT2D eigenvalue weighted by atomic mass is 9.81. The lowest BCUT2D eigenvalue weighted by Gasteiger charge is -2.33. The van der Waals surface area contributed by atoms with Gasteiger partial charge in [0, 0.05) is 24.2 Å². The third-order valence-electron chi connectivity index (χ3n) is 4.78. The van der Waals surface area contributed by atoms with E-state index in [1.807, 2.05) is 29.2 Å². The molecule has 0 aliphatic heterocycles. The number of carbonyl (C=O) groups excluding carboxylic acids is 1. The van der Waals surface area contributed by atoms with Gasteiger partial charge in [-0.1, -0.05) is 38.0 Å². The highest BCUT2D eigenvalue weighted by Gasteiger charge is 2.41. The molecule has 0 radical (unpaired) electrons. The van der Waals surface area contributed by atoms with Gasteiger partial charge in [0.05, 0.1) is 0 Å². The maximum absolute atomic E-state index is 12.9. The van der Waals surface area contributed by atoms with Crippen molar-refractivity contribution in [1.29, 1.82) is 0 Å². The lowest BCUT2D eigenvalue weighted by molar-refractivity contribution is -0.142. The maximum Gasteiger partial charge on any atom is 0.229 e. The van der Waals surface area contributed by atoms with E-state index in [1.165, 1.54) is 12.8 Å². The van der Waals surface area contributed by atoms with E-state index in [0.29, 0.717) is 12.5 Å². The van der Waals surface area contributed by atoms with Crippen molar-refractivity contribution < 1.29 is 4.79 Å². The molecular formula is C17H26N2O. The molecular weight excluding hydrogens is 248 g/mol. The molecule has 0 saturated heterocycles. The van der Waals surface area contributed by atoms with Gasteiger partial charge in [-0.05, 0) is 37.8 Å². The van der Waals surface area contributed by atoms with Crippen molar-refractivity contribution in [3.05, 3.63) is 29.8 Å². The summed E-state index contributed by atoms with van der Waals surface area (Å²) < 4.78 is 0. The Morgan fingerprint density at radius 3 is 2.45 bits per heavy atom. The predicted molar refractivity (Wildman–Crippen MR) is 83.1 cm³/mol. The zero-order valence-corrected chi connectivity index (χ0v) is 12.7. The monoisotopic (exact) mass is 274 g/mol. The Balaban J connectivity index is 2.16. The van der Waals surface area contributed by atoms with E-state index in [1.54, 1.807) is 0 Å². The Morgan fingerprint density at radius 1 is 1.25 bits per heavy atom. The fraction of sp³-hybridized carbons (Fsp3) is 0.588. The minimum absolute atomic E-state index is 0.112. The van der Waals surface area contributed by atoms with Crippen molar-refractivity contribution in [2.24, 2.45) is 5.41 Å². The largest absolute Gasteiger partial charge is 0.398 e. The van der Waals surface area contributed by atoms with Crippen LogP contribution in [0.2, 0.25) is 0 Å². The Labute approximate surface area is 122 Å². The van der Waals surface area contributed by atoms with E-state index in [0.717, 1.165) is 37.1 Å². The Hall–Kier alpha value is -1.51. The Morgan fingerprint density at radius 2 is 1.90 bits per heavy atom. The van der Waals surface area contributed by atoms with Gasteiger partial charge in [-0.25, -0.2) is 0 Å². The van der Waals surface area contributed by atoms with Crippen LogP contribution in [0.5, 0.6) is 0 Å². The normalized spacial score (nSPS) is 17.1. The van der Waals surface area contributed by atoms with Crippen LogP contribution in [0, 0.1) is 5.41 Å². The zero-order chi connectivity index (χ0) is 14.6. The molecule has 3 heteroatoms. The van der Waals surface area contributed by atoms with Gasteiger partial charge in [0.25, 0.3) is 0 Å². The Kier molecular flexibility index (Phi) is 4.69. The van der Waals surface area contributed by atoms with Crippen LogP contribution in [0.3, 0.4) is 0 Å². The summed E-state index contributed by atoms with van der Waals surface area (Å²) in [6.07, 6.45) is 5.41. The topological polar surface area (TPSA) is 46.3 Å². The predicted octanol–water partition coefficient (Wildman–Crippen LogP) is 3.59. The van der Waals surface area contributed by atoms with Crippen molar-refractivity contribution in [3.8, 4) is 0 Å². The quantitative estimate of drug-likeness (QED) is 0.834. The first-order chi connectivity index (χ1) is 9.63. The summed E-state index contributed by atoms with van der Waals surface area (Å²) in [5.41, 5.74) is 7.72. The summed E-state index contributed by atoms with van der Waals surface area (Å²) in [6, 6.07) is 7.83. The molecule has 0 heterocycles. The van der Waals surface area contributed by atoms with Crippen LogP contribution >= 0.6 is 0 Å². The summed E-state index contributed by atoms with van der Waals surface area (Å²) in [6.45, 7) is 5.57. The second kappa shape index (κ2) is 6.29. The average Bonchev–Trinajstić information content (AvgIpc) is 2.96. The summed E-state index contributed by atoms with van der Waals surface area (Å²) in [5, 5.41) is 0. The molecule has 0 bridgehead atoms. The van der Waals surface area contributed by atoms with Crippen molar-refractivity contribution >= 4 is 11.6 Å². The maximum atomic E-state index is 12.9. The van der Waals surface area contributed by atoms with Crippen LogP contribution in [0.4, 0.5) is 5.69 Å². The molecule has 1 aliphatic carbocycles. The highest BCUT2D eigenvalue weighted by Crippen LogP contribution is 2.42. The van der Waals surface area contributed by atoms with Crippen LogP contribution < -0.4 is 5.73 Å². The number of hydrogen-bond acceptors (Lipinski definition) is 2. The van der Waals surface area contributed by atoms with Crippen LogP contribution in [-0.2, 0) is 11.3 Å². The molecule has 110 valence electrons. The third kappa shape index (κ3) is 2.82. The fourth-order valence-electron chi connectivity index (χ4n) is 3.32. The number of anilines is 1. The number of carbonyl (C=O) groups is 1. The van der Waals surface area contributed by atoms with Crippen molar-refractivity contribution in [2.45, 2.75) is 52.5 Å². The van der Waals surface area contributed by atoms with E-state index < -0.39 is 0 Å². The smallest absolute Gasteiger partial charge is 0.229 e. The molecule has 1 aromatic carbocycles. The van der Waals surface area contributed by atoms with Gasteiger partial charge < -0.3 is 10.6 Å². The van der Waals surface area contributed by atoms with E-state index >= 15 is 0 Å². The van der Waals surface area contributed by atoms with Gasteiger partial charge in [-0.3, -0.25) is 4.79 Å². The number of nitrogen functional groups attached to an aromatic ring is 1. The molecule has 0 atom stereocenters. The number of nitrogens with two attached hydrogens (primary N) is 1. The highest BCUT2D eigenvalue weighted by atomic mass is 16.2. The van der Waals surface area contributed by atoms with Gasteiger partial charge in [0.2, 0.25) is 5.91 Å². The van der Waals surface area contributed by atoms with Gasteiger partial charge in [0.15, 0.2) is 0 Å². The van der Waals surface area contributed by atoms with Crippen molar-refractivity contribution in [2.75, 3.05) is 12.3 Å². The van der Waals surface area contributed by atoms with Gasteiger partial charge >= 0.3 is 0 Å². The molecule has 1 aromatic rings. The number of rotatable bonds is 5. The first-order valence-electron chi connectivity index (χ1n) is 7.75. The highest BCUT2D eigenvalue weighted by molar-refractivity contribution is 5.83. The summed E-state index contributed by atoms with van der Waals surface area (Å²) in [4.78, 5) is 14.9. The van der Waals surface area contributed by atoms with E-state index in [9.17, 15) is 4.79 Å². The molecule has 0 unspecified atom stereocenters. The first-order valence-corrected chi connectivity index (χ1v) is 7.75. The number of para-hydroxylation sites is 1. The molecule has 1 amide bonds. The minimum atomic E-state index is -0.112. The van der Waals surface area contributed by atoms with Crippen LogP contribution in [0.25, 0.3) is 0 Å². The summed E-state index contributed by atoms with van der Waals surface area (Å²) in [7, 11) is 0. The van der Waals surface area contributed by atoms with E-state index in [-0.39, 0.29) is 5.41 Å². The molecule has 1 fully saturated rings. The molecule has 3 nitrogen and oxygen atoms in total. The zero-order valence-electron chi connectivity index (χ0n) is 12.7. The lowest BCUT2D eigenvalue weighted by Crippen LogP contribution is -2.42. The Bertz CT molecular complexity index is 464. The molecule has 2 N–H and O–H groups in total. The summed E-state index contributed by atoms with van der Waals surface area (Å²) >= 11 is 0. The second-order valence-electron chi connectivity index (χ2n) is 5.86. The number of nitrogens with zero attached hydrogens (tertiary/aromatic N) is 1. The fourth-order valence-corrected chi connectivity index (χ4v) is 3.32. The second-order valence-corrected chi connectivity index (χ2v) is 5.86. The van der Waals surface area contributed by atoms with Crippen LogP contribution in [0.15, 0.2) is 24.3 Å². The molecule has 20 heavy (non-hydrogen) atoms. The van der Waals surface area contributed by atoms with Crippen LogP contribution in [0.1, 0.15) is 51.5 Å². The van der Waals surface area contributed by atoms with E-state index in [2.05, 4.69) is 13.8 Å². The molecule has 0 aromatic heterocycles. The van der Waals surface area contributed by atoms with Crippen LogP contribution in [-0.4, -0.2) is 17.4 Å². The average molecular weight is 274 g/mol. The molecule has 0 spiro atoms. The molecule has 2 rings (SSSR count). The molecule has 1 saturated carbocycles. The minimum Gasteiger partial charge on any atom is -0.398 e. The number of benzene rings is 1. The van der Waals surface area contributed by atoms with Gasteiger partial charge in [0.1, 0.15) is 0 Å². The van der Waals surface area contributed by atoms with Crippen molar-refractivity contribution in [1.82, 2.24) is 4.90 Å². The van der Waals surface area contributed by atoms with E-state index in [4.69, 9.17) is 5.73 Å². The standard InChI is InChI=1S/C17H26N2O/c1-3-17(11-7-8-12-17)16(20)19(4-2)13-14-9-5-6-10-15(14)18/h5-6,9-10H,3-4,7-8,11-13,18H2,1-2H3. The van der Waals surface area contributed by atoms with Gasteiger partial charge in [-0.15, -0.1) is 0 Å². The SMILES string of the molecule is CCN(Cc1ccccc1N)C(=O)C1(CC)CCCC1. The van der Waals surface area contributed by atoms with Gasteiger partial charge in [-0.2, -0.15) is 0 Å². The first kappa shape index (κ1) is 14.9. The summed E-state index contributed by atoms with van der Waals surface area (Å²) in [5.74, 6) is 0.322. The van der Waals surface area contributed by atoms with Crippen molar-refractivity contribution in [3.63, 3.8) is 0 Å². The molecule has 1 aliphatic rings.